The van der Waals surface area contributed by atoms with Crippen LogP contribution in [0.3, 0.4) is 0 Å². The number of thioether (sulfide) groups is 1. The van der Waals surface area contributed by atoms with E-state index in [0.717, 1.165) is 49.5 Å². The molecule has 0 amide bonds. The van der Waals surface area contributed by atoms with Crippen molar-refractivity contribution in [3.8, 4) is 11.3 Å². The average molecular weight is 574 g/mol. The maximum atomic E-state index is 6.32. The zero-order valence-corrected chi connectivity index (χ0v) is 21.7. The maximum Gasteiger partial charge on any atom is 0.167 e. The number of pyridine rings is 1. The molecule has 0 saturated heterocycles. The molecule has 3 heterocycles. The number of thiazole rings is 1. The number of nitrogens with one attached hydrogen (secondary N) is 1. The van der Waals surface area contributed by atoms with Crippen LogP contribution >= 0.6 is 63.1 Å². The third-order valence-corrected chi connectivity index (χ3v) is 8.49. The van der Waals surface area contributed by atoms with Gasteiger partial charge in [0.05, 0.1) is 28.5 Å². The van der Waals surface area contributed by atoms with E-state index in [-0.39, 0.29) is 0 Å². The van der Waals surface area contributed by atoms with Gasteiger partial charge < -0.3 is 5.32 Å². The van der Waals surface area contributed by atoms with Gasteiger partial charge in [-0.1, -0.05) is 17.7 Å². The number of hydrogen-bond donors (Lipinski definition) is 1. The van der Waals surface area contributed by atoms with Gasteiger partial charge in [-0.3, -0.25) is 4.34 Å². The van der Waals surface area contributed by atoms with Crippen LogP contribution in [-0.4, -0.2) is 25.5 Å². The van der Waals surface area contributed by atoms with Crippen LogP contribution in [0, 0.1) is 20.8 Å². The van der Waals surface area contributed by atoms with E-state index in [1.54, 1.807) is 23.1 Å². The predicted octanol–water partition coefficient (Wildman–Crippen LogP) is 7.39. The molecule has 5 nitrogen and oxygen atoms in total. The Morgan fingerprint density at radius 1 is 1.14 bits per heavy atom. The van der Waals surface area contributed by atoms with Crippen LogP contribution in [-0.2, 0) is 0 Å². The lowest BCUT2D eigenvalue weighted by molar-refractivity contribution is 1.10. The summed E-state index contributed by atoms with van der Waals surface area (Å²) in [6, 6.07) is 8.23. The highest BCUT2D eigenvalue weighted by molar-refractivity contribution is 14.2. The first-order valence-corrected chi connectivity index (χ1v) is 15.2. The molecule has 1 unspecified atom stereocenters. The van der Waals surface area contributed by atoms with E-state index in [1.165, 1.54) is 4.88 Å². The molecular weight excluding hydrogens is 556 g/mol. The second kappa shape index (κ2) is 8.67. The number of hydrogen-bond acceptors (Lipinski definition) is 6. The number of benzene rings is 1. The highest BCUT2D eigenvalue weighted by Gasteiger charge is 2.16. The van der Waals surface area contributed by atoms with E-state index in [2.05, 4.69) is 68.1 Å². The van der Waals surface area contributed by atoms with Crippen LogP contribution in [0.25, 0.3) is 22.4 Å². The van der Waals surface area contributed by atoms with Gasteiger partial charge in [-0.15, -0.1) is 23.1 Å². The number of imidazole rings is 1. The molecule has 150 valence electrons. The molecule has 0 fully saturated rings. The third-order valence-electron chi connectivity index (χ3n) is 4.48. The van der Waals surface area contributed by atoms with E-state index in [4.69, 9.17) is 21.6 Å². The normalized spacial score (nSPS) is 11.8. The van der Waals surface area contributed by atoms with Crippen molar-refractivity contribution in [3.63, 3.8) is 0 Å². The van der Waals surface area contributed by atoms with Gasteiger partial charge in [-0.25, -0.2) is 15.0 Å². The topological polar surface area (TPSA) is 55.6 Å². The molecule has 1 aromatic carbocycles. The van der Waals surface area contributed by atoms with E-state index in [1.807, 2.05) is 19.9 Å². The molecule has 0 bridgehead atoms. The first-order chi connectivity index (χ1) is 13.9. The zero-order valence-electron chi connectivity index (χ0n) is 16.2. The lowest BCUT2D eigenvalue weighted by Crippen LogP contribution is -1.96. The smallest absolute Gasteiger partial charge is 0.167 e. The Bertz CT molecular complexity index is 1220. The molecule has 4 rings (SSSR count). The quantitative estimate of drug-likeness (QED) is 0.117. The molecule has 0 aliphatic rings. The summed E-state index contributed by atoms with van der Waals surface area (Å²) in [7, 11) is 0. The van der Waals surface area contributed by atoms with Crippen molar-refractivity contribution in [2.45, 2.75) is 25.7 Å². The molecule has 0 aliphatic heterocycles. The second-order valence-electron chi connectivity index (χ2n) is 6.42. The van der Waals surface area contributed by atoms with Gasteiger partial charge in [0.15, 0.2) is 5.65 Å². The van der Waals surface area contributed by atoms with Crippen LogP contribution < -0.4 is 5.32 Å². The van der Waals surface area contributed by atoms with Crippen LogP contribution in [0.4, 0.5) is 11.4 Å². The molecule has 0 radical (unpaired) electrons. The number of aryl methyl sites for hydroxylation is 3. The molecule has 1 atom stereocenters. The van der Waals surface area contributed by atoms with Crippen molar-refractivity contribution in [2.24, 2.45) is 0 Å². The summed E-state index contributed by atoms with van der Waals surface area (Å²) in [5.74, 6) is 0.931. The van der Waals surface area contributed by atoms with Gasteiger partial charge in [-0.2, -0.15) is 0 Å². The van der Waals surface area contributed by atoms with Crippen LogP contribution in [0.15, 0.2) is 29.2 Å². The minimum Gasteiger partial charge on any atom is -0.353 e. The molecule has 0 spiro atoms. The average Bonchev–Trinajstić information content (AvgIpc) is 3.19. The summed E-state index contributed by atoms with van der Waals surface area (Å²) >= 11 is 12.1. The van der Waals surface area contributed by atoms with Crippen molar-refractivity contribution < 1.29 is 0 Å². The second-order valence-corrected chi connectivity index (χ2v) is 11.1. The highest BCUT2D eigenvalue weighted by Crippen LogP contribution is 2.38. The molecule has 3 aromatic heterocycles. The van der Waals surface area contributed by atoms with E-state index < -0.39 is 0 Å². The van der Waals surface area contributed by atoms with Crippen molar-refractivity contribution in [3.05, 3.63) is 45.1 Å². The highest BCUT2D eigenvalue weighted by atomic mass is 127. The Morgan fingerprint density at radius 2 is 1.93 bits per heavy atom. The Labute approximate surface area is 197 Å². The van der Waals surface area contributed by atoms with Crippen LogP contribution in [0.1, 0.15) is 15.7 Å². The molecule has 10 heteroatoms. The van der Waals surface area contributed by atoms with E-state index >= 15 is 0 Å². The number of nitrogens with zero attached hydrogens (tertiary/aromatic N) is 4. The molecule has 0 aliphatic carbocycles. The zero-order chi connectivity index (χ0) is 20.7. The minimum atomic E-state index is 0.451. The Balaban J connectivity index is 1.78. The van der Waals surface area contributed by atoms with Gasteiger partial charge in [-0.05, 0) is 61.2 Å². The first kappa shape index (κ1) is 21.3. The standard InChI is InChI=1S/C19H18ClIN5PS2/c1-9-17(23-11(3)29-9)12-5-6-13(15(7-12)28-4)24-14-8-16(20)25-19-18(14)22-10(2)26(19)27-21/h5-8,27H,1-4H3,(H,24,25). The summed E-state index contributed by atoms with van der Waals surface area (Å²) in [6.07, 6.45) is 2.59. The van der Waals surface area contributed by atoms with Gasteiger partial charge in [0.25, 0.3) is 0 Å². The Morgan fingerprint density at radius 3 is 2.59 bits per heavy atom. The fourth-order valence-electron chi connectivity index (χ4n) is 3.21. The lowest BCUT2D eigenvalue weighted by atomic mass is 10.1. The van der Waals surface area contributed by atoms with Crippen LogP contribution in [0.5, 0.6) is 0 Å². The van der Waals surface area contributed by atoms with Crippen molar-refractivity contribution in [1.29, 1.82) is 0 Å². The Kier molecular flexibility index (Phi) is 6.37. The van der Waals surface area contributed by atoms with Gasteiger partial charge in [0.1, 0.15) is 16.5 Å². The number of anilines is 2. The van der Waals surface area contributed by atoms with Crippen LogP contribution in [0.2, 0.25) is 5.15 Å². The van der Waals surface area contributed by atoms with Gasteiger partial charge >= 0.3 is 0 Å². The summed E-state index contributed by atoms with van der Waals surface area (Å²) in [4.78, 5) is 16.3. The number of fused-ring (bicyclic) bond motifs is 1. The van der Waals surface area contributed by atoms with Crippen molar-refractivity contribution in [2.75, 3.05) is 11.6 Å². The summed E-state index contributed by atoms with van der Waals surface area (Å²) in [6.45, 7) is 6.15. The van der Waals surface area contributed by atoms with Gasteiger partial charge in [0, 0.05) is 21.4 Å². The summed E-state index contributed by atoms with van der Waals surface area (Å²) in [5.41, 5.74) is 5.70. The molecule has 1 N–H and O–H groups in total. The fourth-order valence-corrected chi connectivity index (χ4v) is 6.96. The first-order valence-electron chi connectivity index (χ1n) is 8.73. The fraction of sp³-hybridized carbons (Fsp3) is 0.211. The predicted molar refractivity (Wildman–Crippen MR) is 137 cm³/mol. The maximum absolute atomic E-state index is 6.32. The number of aromatic nitrogens is 4. The summed E-state index contributed by atoms with van der Waals surface area (Å²) < 4.78 is 2.08. The monoisotopic (exact) mass is 573 g/mol. The third kappa shape index (κ3) is 4.14. The van der Waals surface area contributed by atoms with Crippen molar-refractivity contribution in [1.82, 2.24) is 19.3 Å². The summed E-state index contributed by atoms with van der Waals surface area (Å²) in [5, 5.41) is 5.07. The van der Waals surface area contributed by atoms with Crippen molar-refractivity contribution >= 4 is 85.7 Å². The molecule has 0 saturated carbocycles. The SMILES string of the molecule is CSc1cc(-c2nc(C)sc2C)ccc1Nc1cc(Cl)nc2c1nc(C)n2PI. The molecule has 4 aromatic rings. The molecule has 29 heavy (non-hydrogen) atoms. The van der Waals surface area contributed by atoms with E-state index in [9.17, 15) is 0 Å². The number of halogens is 2. The Hall–Kier alpha value is -0.930. The van der Waals surface area contributed by atoms with Gasteiger partial charge in [0.2, 0.25) is 0 Å². The number of rotatable bonds is 5. The lowest BCUT2D eigenvalue weighted by Gasteiger charge is -2.13. The van der Waals surface area contributed by atoms with E-state index in [0.29, 0.717) is 11.5 Å². The largest absolute Gasteiger partial charge is 0.353 e. The minimum absolute atomic E-state index is 0.451. The molecular formula is C19H18ClIN5PS2.